The fourth-order valence-corrected chi connectivity index (χ4v) is 3.53. The molecule has 2 saturated heterocycles. The van der Waals surface area contributed by atoms with E-state index < -0.39 is 17.4 Å². The zero-order valence-corrected chi connectivity index (χ0v) is 16.6. The predicted molar refractivity (Wildman–Crippen MR) is 98.4 cm³/mol. The minimum absolute atomic E-state index is 0.205. The van der Waals surface area contributed by atoms with E-state index in [1.807, 2.05) is 65.0 Å². The van der Waals surface area contributed by atoms with Gasteiger partial charge in [-0.25, -0.2) is 4.79 Å². The molecule has 0 aliphatic carbocycles. The second-order valence-electron chi connectivity index (χ2n) is 8.47. The van der Waals surface area contributed by atoms with Crippen LogP contribution < -0.4 is 0 Å². The van der Waals surface area contributed by atoms with Crippen molar-refractivity contribution in [2.45, 2.75) is 71.0 Å². The molecule has 2 aliphatic heterocycles. The van der Waals surface area contributed by atoms with Crippen LogP contribution in [-0.2, 0) is 25.7 Å². The van der Waals surface area contributed by atoms with Crippen LogP contribution in [0, 0.1) is 0 Å². The Balaban J connectivity index is 1.82. The Labute approximate surface area is 160 Å². The molecule has 1 aromatic carbocycles. The summed E-state index contributed by atoms with van der Waals surface area (Å²) in [6, 6.07) is 9.13. The number of hydrogen-bond acceptors (Lipinski definition) is 6. The van der Waals surface area contributed by atoms with Gasteiger partial charge in [0, 0.05) is 0 Å². The maximum Gasteiger partial charge on any atom is 0.412 e. The van der Waals surface area contributed by atoms with E-state index >= 15 is 0 Å². The van der Waals surface area contributed by atoms with Gasteiger partial charge in [-0.15, -0.1) is 5.06 Å². The molecule has 0 unspecified atom stereocenters. The third-order valence-electron chi connectivity index (χ3n) is 4.70. The third-order valence-corrected chi connectivity index (χ3v) is 4.70. The molecule has 0 saturated carbocycles. The number of hydrogen-bond donors (Lipinski definition) is 0. The average molecular weight is 376 g/mol. The van der Waals surface area contributed by atoms with E-state index in [1.165, 1.54) is 0 Å². The van der Waals surface area contributed by atoms with Gasteiger partial charge in [-0.3, -0.25) is 9.69 Å². The van der Waals surface area contributed by atoms with Crippen molar-refractivity contribution >= 4 is 12.1 Å². The van der Waals surface area contributed by atoms with Crippen molar-refractivity contribution < 1.29 is 23.9 Å². The van der Waals surface area contributed by atoms with E-state index in [9.17, 15) is 9.59 Å². The van der Waals surface area contributed by atoms with Gasteiger partial charge in [0.25, 0.3) is 0 Å². The summed E-state index contributed by atoms with van der Waals surface area (Å²) < 4.78 is 11.5. The van der Waals surface area contributed by atoms with Gasteiger partial charge in [-0.05, 0) is 40.2 Å². The minimum Gasteiger partial charge on any atom is -0.444 e. The molecule has 0 spiro atoms. The maximum atomic E-state index is 12.9. The topological polar surface area (TPSA) is 68.3 Å². The van der Waals surface area contributed by atoms with Crippen molar-refractivity contribution in [3.8, 4) is 0 Å². The lowest BCUT2D eigenvalue weighted by Gasteiger charge is -2.37. The molecule has 3 rings (SSSR count). The number of amides is 1. The number of benzene rings is 1. The molecule has 2 atom stereocenters. The zero-order chi connectivity index (χ0) is 19.8. The maximum absolute atomic E-state index is 12.9. The third kappa shape index (κ3) is 4.42. The highest BCUT2D eigenvalue weighted by molar-refractivity contribution is 5.73. The first-order valence-corrected chi connectivity index (χ1v) is 9.24. The number of carbonyl (C=O) groups excluding carboxylic acids is 2. The molecule has 2 heterocycles. The van der Waals surface area contributed by atoms with Crippen molar-refractivity contribution in [3.63, 3.8) is 0 Å². The average Bonchev–Trinajstić information content (AvgIpc) is 3.05. The van der Waals surface area contributed by atoms with Crippen LogP contribution in [0.5, 0.6) is 0 Å². The lowest BCUT2D eigenvalue weighted by atomic mass is 10.0. The van der Waals surface area contributed by atoms with Gasteiger partial charge in [0.15, 0.2) is 0 Å². The van der Waals surface area contributed by atoms with Crippen LogP contribution in [0.1, 0.15) is 46.6 Å². The molecule has 7 heteroatoms. The van der Waals surface area contributed by atoms with E-state index in [-0.39, 0.29) is 24.5 Å². The number of hydroxylamine groups is 2. The Bertz CT molecular complexity index is 698. The molecule has 148 valence electrons. The number of rotatable bonds is 3. The van der Waals surface area contributed by atoms with E-state index in [2.05, 4.69) is 0 Å². The molecule has 27 heavy (non-hydrogen) atoms. The van der Waals surface area contributed by atoms with E-state index in [1.54, 1.807) is 9.96 Å². The highest BCUT2D eigenvalue weighted by Gasteiger charge is 2.52. The summed E-state index contributed by atoms with van der Waals surface area (Å²) in [5.41, 5.74) is -0.414. The molecule has 1 amide bonds. The first kappa shape index (κ1) is 19.6. The molecule has 2 fully saturated rings. The summed E-state index contributed by atoms with van der Waals surface area (Å²) in [5.74, 6) is -0.301. The van der Waals surface area contributed by atoms with Crippen LogP contribution in [0.4, 0.5) is 4.79 Å². The van der Waals surface area contributed by atoms with Crippen LogP contribution in [0.15, 0.2) is 30.3 Å². The van der Waals surface area contributed by atoms with Crippen LogP contribution in [0.25, 0.3) is 0 Å². The Morgan fingerprint density at radius 2 is 1.89 bits per heavy atom. The van der Waals surface area contributed by atoms with E-state index in [4.69, 9.17) is 14.3 Å². The molecule has 2 aliphatic rings. The summed E-state index contributed by atoms with van der Waals surface area (Å²) >= 11 is 0. The van der Waals surface area contributed by atoms with Crippen molar-refractivity contribution in [2.75, 3.05) is 6.61 Å². The fourth-order valence-electron chi connectivity index (χ4n) is 3.53. The molecule has 0 aromatic heterocycles. The Morgan fingerprint density at radius 3 is 2.52 bits per heavy atom. The van der Waals surface area contributed by atoms with E-state index in [0.717, 1.165) is 5.56 Å². The van der Waals surface area contributed by atoms with Gasteiger partial charge in [-0.2, -0.15) is 0 Å². The summed E-state index contributed by atoms with van der Waals surface area (Å²) in [4.78, 5) is 32.0. The van der Waals surface area contributed by atoms with Gasteiger partial charge in [-0.1, -0.05) is 30.3 Å². The monoisotopic (exact) mass is 376 g/mol. The molecule has 1 aromatic rings. The van der Waals surface area contributed by atoms with Gasteiger partial charge in [0.05, 0.1) is 31.7 Å². The van der Waals surface area contributed by atoms with Crippen LogP contribution >= 0.6 is 0 Å². The second kappa shape index (κ2) is 7.13. The number of nitrogens with zero attached hydrogens (tertiary/aromatic N) is 2. The summed E-state index contributed by atoms with van der Waals surface area (Å²) in [6.07, 6.45) is -0.245. The number of ether oxygens (including phenoxy) is 2. The smallest absolute Gasteiger partial charge is 0.412 e. The molecule has 0 bridgehead atoms. The van der Waals surface area contributed by atoms with Crippen molar-refractivity contribution in [3.05, 3.63) is 35.9 Å². The largest absolute Gasteiger partial charge is 0.444 e. The summed E-state index contributed by atoms with van der Waals surface area (Å²) in [7, 11) is 0. The second-order valence-corrected chi connectivity index (χ2v) is 8.47. The zero-order valence-electron chi connectivity index (χ0n) is 16.6. The van der Waals surface area contributed by atoms with Gasteiger partial charge in [0.2, 0.25) is 0 Å². The molecule has 7 nitrogen and oxygen atoms in total. The standard InChI is InChI=1S/C20H28N2O5/c1-19(2,3)26-18(24)22-16(13-25-20(22,4)5)15-11-17(23)27-21(15)12-14-9-7-6-8-10-14/h6-10,15-16H,11-13H2,1-5H3/t15-,16+/m1/s1. The predicted octanol–water partition coefficient (Wildman–Crippen LogP) is 3.09. The van der Waals surface area contributed by atoms with Crippen molar-refractivity contribution in [1.29, 1.82) is 0 Å². The first-order valence-electron chi connectivity index (χ1n) is 9.24. The lowest BCUT2D eigenvalue weighted by Crippen LogP contribution is -2.55. The van der Waals surface area contributed by atoms with Crippen molar-refractivity contribution in [1.82, 2.24) is 9.96 Å². The SMILES string of the molecule is CC(C)(C)OC(=O)N1[C@H]([C@H]2CC(=O)ON2Cc2ccccc2)COC1(C)C. The van der Waals surface area contributed by atoms with Crippen LogP contribution in [0.3, 0.4) is 0 Å². The quantitative estimate of drug-likeness (QED) is 0.808. The molecular formula is C20H28N2O5. The first-order chi connectivity index (χ1) is 12.6. The number of carbonyl (C=O) groups is 2. The fraction of sp³-hybridized carbons (Fsp3) is 0.600. The molecule has 0 N–H and O–H groups in total. The molecule has 0 radical (unpaired) electrons. The Kier molecular flexibility index (Phi) is 5.18. The summed E-state index contributed by atoms with van der Waals surface area (Å²) in [5, 5.41) is 1.66. The van der Waals surface area contributed by atoms with Crippen molar-refractivity contribution in [2.24, 2.45) is 0 Å². The van der Waals surface area contributed by atoms with Gasteiger partial charge in [0.1, 0.15) is 11.3 Å². The summed E-state index contributed by atoms with van der Waals surface area (Å²) in [6.45, 7) is 9.91. The molecular weight excluding hydrogens is 348 g/mol. The van der Waals surface area contributed by atoms with Crippen LogP contribution in [0.2, 0.25) is 0 Å². The lowest BCUT2D eigenvalue weighted by molar-refractivity contribution is -0.180. The highest BCUT2D eigenvalue weighted by atomic mass is 16.7. The van der Waals surface area contributed by atoms with Crippen LogP contribution in [-0.4, -0.2) is 52.0 Å². The van der Waals surface area contributed by atoms with Gasteiger partial charge < -0.3 is 14.3 Å². The normalized spacial score (nSPS) is 25.5. The van der Waals surface area contributed by atoms with E-state index in [0.29, 0.717) is 13.2 Å². The minimum atomic E-state index is -0.822. The highest BCUT2D eigenvalue weighted by Crippen LogP contribution is 2.35. The Morgan fingerprint density at radius 1 is 1.22 bits per heavy atom. The Hall–Kier alpha value is -2.12. The van der Waals surface area contributed by atoms with Gasteiger partial charge >= 0.3 is 12.1 Å².